The fourth-order valence-electron chi connectivity index (χ4n) is 1.79. The molecule has 1 aromatic carbocycles. The van der Waals surface area contributed by atoms with Gasteiger partial charge in [-0.3, -0.25) is 9.59 Å². The Morgan fingerprint density at radius 2 is 1.88 bits per heavy atom. The van der Waals surface area contributed by atoms with E-state index in [4.69, 9.17) is 23.2 Å². The molecule has 1 aliphatic heterocycles. The van der Waals surface area contributed by atoms with Crippen molar-refractivity contribution in [2.75, 3.05) is 11.4 Å². The van der Waals surface area contributed by atoms with E-state index in [-0.39, 0.29) is 27.8 Å². The monoisotopic (exact) mass is 273 g/mol. The molecule has 17 heavy (non-hydrogen) atoms. The van der Waals surface area contributed by atoms with Crippen molar-refractivity contribution in [2.45, 2.75) is 13.0 Å². The van der Waals surface area contributed by atoms with E-state index in [0.717, 1.165) is 4.90 Å². The minimum absolute atomic E-state index is 0.0115. The second-order valence-corrected chi connectivity index (χ2v) is 4.66. The fourth-order valence-corrected chi connectivity index (χ4v) is 2.29. The Bertz CT molecular complexity index is 514. The van der Waals surface area contributed by atoms with Gasteiger partial charge in [0.05, 0.1) is 33.9 Å². The molecule has 1 aromatic rings. The lowest BCUT2D eigenvalue weighted by Gasteiger charge is -2.19. The van der Waals surface area contributed by atoms with Gasteiger partial charge in [0.2, 0.25) is 0 Å². The predicted molar refractivity (Wildman–Crippen MR) is 64.8 cm³/mol. The van der Waals surface area contributed by atoms with Crippen molar-refractivity contribution in [3.05, 3.63) is 27.7 Å². The molecule has 0 saturated heterocycles. The number of ketones is 1. The quantitative estimate of drug-likeness (QED) is 0.838. The molecule has 1 unspecified atom stereocenters. The summed E-state index contributed by atoms with van der Waals surface area (Å²) in [6.45, 7) is 1.53. The topological polar surface area (TPSA) is 57.6 Å². The Hall–Kier alpha value is -1.10. The van der Waals surface area contributed by atoms with Crippen LogP contribution in [0.3, 0.4) is 0 Å². The predicted octanol–water partition coefficient (Wildman–Crippen LogP) is 1.90. The van der Waals surface area contributed by atoms with E-state index >= 15 is 0 Å². The van der Waals surface area contributed by atoms with Gasteiger partial charge in [0.25, 0.3) is 11.7 Å². The summed E-state index contributed by atoms with van der Waals surface area (Å²) in [6.07, 6.45) is -0.757. The van der Waals surface area contributed by atoms with Crippen LogP contribution in [0.5, 0.6) is 0 Å². The summed E-state index contributed by atoms with van der Waals surface area (Å²) in [5.74, 6) is -1.40. The summed E-state index contributed by atoms with van der Waals surface area (Å²) in [7, 11) is 0. The van der Waals surface area contributed by atoms with Gasteiger partial charge < -0.3 is 10.0 Å². The maximum absolute atomic E-state index is 11.8. The number of benzene rings is 1. The minimum Gasteiger partial charge on any atom is -0.392 e. The molecule has 1 aliphatic rings. The Morgan fingerprint density at radius 1 is 1.29 bits per heavy atom. The number of halogens is 2. The second-order valence-electron chi connectivity index (χ2n) is 3.85. The summed E-state index contributed by atoms with van der Waals surface area (Å²) in [5, 5.41) is 9.78. The molecule has 0 saturated carbocycles. The molecule has 0 radical (unpaired) electrons. The molecule has 0 aliphatic carbocycles. The van der Waals surface area contributed by atoms with Crippen molar-refractivity contribution in [3.8, 4) is 0 Å². The van der Waals surface area contributed by atoms with Gasteiger partial charge in [-0.2, -0.15) is 0 Å². The summed E-state index contributed by atoms with van der Waals surface area (Å²) in [4.78, 5) is 24.7. The molecule has 1 amide bonds. The zero-order chi connectivity index (χ0) is 12.7. The number of aliphatic hydroxyl groups is 1. The van der Waals surface area contributed by atoms with Gasteiger partial charge in [0.15, 0.2) is 0 Å². The number of nitrogens with zero attached hydrogens (tertiary/aromatic N) is 1. The molecule has 1 atom stereocenters. The van der Waals surface area contributed by atoms with E-state index in [9.17, 15) is 14.7 Å². The Balaban J connectivity index is 2.59. The van der Waals surface area contributed by atoms with Gasteiger partial charge >= 0.3 is 0 Å². The number of anilines is 1. The van der Waals surface area contributed by atoms with Gasteiger partial charge in [-0.1, -0.05) is 23.2 Å². The number of amides is 1. The molecule has 1 N–H and O–H groups in total. The van der Waals surface area contributed by atoms with Crippen LogP contribution >= 0.6 is 23.2 Å². The first-order valence-corrected chi connectivity index (χ1v) is 5.71. The van der Waals surface area contributed by atoms with Crippen molar-refractivity contribution in [1.82, 2.24) is 0 Å². The van der Waals surface area contributed by atoms with Crippen molar-refractivity contribution < 1.29 is 14.7 Å². The number of β-amino-alcohol motifs (C(OH)–C–C–N with tert-alkyl or cyclic N) is 1. The molecule has 0 bridgehead atoms. The highest BCUT2D eigenvalue weighted by Crippen LogP contribution is 2.39. The maximum Gasteiger partial charge on any atom is 0.299 e. The largest absolute Gasteiger partial charge is 0.392 e. The Labute approximate surface area is 108 Å². The van der Waals surface area contributed by atoms with Gasteiger partial charge in [-0.05, 0) is 19.1 Å². The number of aliphatic hydroxyl groups excluding tert-OH is 1. The van der Waals surface area contributed by atoms with Crippen molar-refractivity contribution in [1.29, 1.82) is 0 Å². The normalized spacial score (nSPS) is 16.4. The van der Waals surface area contributed by atoms with Crippen LogP contribution in [0.15, 0.2) is 12.1 Å². The second kappa shape index (κ2) is 4.29. The first-order valence-electron chi connectivity index (χ1n) is 4.95. The lowest BCUT2D eigenvalue weighted by Crippen LogP contribution is -2.35. The first kappa shape index (κ1) is 12.4. The SMILES string of the molecule is CC(O)CN1C(=O)C(=O)c2c(Cl)ccc(Cl)c21. The zero-order valence-corrected chi connectivity index (χ0v) is 10.4. The van der Waals surface area contributed by atoms with E-state index in [0.29, 0.717) is 0 Å². The number of fused-ring (bicyclic) bond motifs is 1. The molecule has 6 heteroatoms. The number of hydrogen-bond acceptors (Lipinski definition) is 3. The van der Waals surface area contributed by atoms with Crippen LogP contribution in [-0.2, 0) is 4.79 Å². The molecule has 1 heterocycles. The molecule has 2 rings (SSSR count). The average Bonchev–Trinajstić information content (AvgIpc) is 2.49. The third-order valence-electron chi connectivity index (χ3n) is 2.46. The minimum atomic E-state index is -0.757. The molecule has 0 fully saturated rings. The molecular weight excluding hydrogens is 265 g/mol. The van der Waals surface area contributed by atoms with Crippen LogP contribution in [0.1, 0.15) is 17.3 Å². The summed E-state index contributed by atoms with van der Waals surface area (Å²) < 4.78 is 0. The van der Waals surface area contributed by atoms with Crippen LogP contribution in [0.4, 0.5) is 5.69 Å². The third kappa shape index (κ3) is 1.92. The Morgan fingerprint density at radius 3 is 2.47 bits per heavy atom. The molecule has 4 nitrogen and oxygen atoms in total. The number of rotatable bonds is 2. The van der Waals surface area contributed by atoms with Crippen LogP contribution < -0.4 is 4.90 Å². The van der Waals surface area contributed by atoms with Crippen LogP contribution in [0, 0.1) is 0 Å². The number of Topliss-reactive ketones (excluding diaryl/α,β-unsaturated/α-hetero) is 1. The number of carbonyl (C=O) groups is 2. The van der Waals surface area contributed by atoms with E-state index < -0.39 is 17.8 Å². The van der Waals surface area contributed by atoms with Crippen molar-refractivity contribution in [3.63, 3.8) is 0 Å². The van der Waals surface area contributed by atoms with Crippen molar-refractivity contribution in [2.24, 2.45) is 0 Å². The molecule has 0 aromatic heterocycles. The lowest BCUT2D eigenvalue weighted by atomic mass is 10.1. The molecular formula is C11H9Cl2NO3. The highest BCUT2D eigenvalue weighted by molar-refractivity contribution is 6.57. The maximum atomic E-state index is 11.8. The number of hydrogen-bond donors (Lipinski definition) is 1. The van der Waals surface area contributed by atoms with Gasteiger partial charge in [-0.15, -0.1) is 0 Å². The van der Waals surface area contributed by atoms with E-state index in [1.54, 1.807) is 0 Å². The standard InChI is InChI=1S/C11H9Cl2NO3/c1-5(15)4-14-9-7(13)3-2-6(12)8(9)10(16)11(14)17/h2-3,5,15H,4H2,1H3. The smallest absolute Gasteiger partial charge is 0.299 e. The number of carbonyl (C=O) groups excluding carboxylic acids is 2. The van der Waals surface area contributed by atoms with E-state index in [2.05, 4.69) is 0 Å². The average molecular weight is 274 g/mol. The van der Waals surface area contributed by atoms with Gasteiger partial charge in [-0.25, -0.2) is 0 Å². The first-order chi connectivity index (χ1) is 7.93. The molecule has 90 valence electrons. The van der Waals surface area contributed by atoms with Crippen molar-refractivity contribution >= 4 is 40.6 Å². The van der Waals surface area contributed by atoms with Gasteiger partial charge in [0.1, 0.15) is 0 Å². The fraction of sp³-hybridized carbons (Fsp3) is 0.273. The van der Waals surface area contributed by atoms with Gasteiger partial charge in [0, 0.05) is 0 Å². The zero-order valence-electron chi connectivity index (χ0n) is 8.91. The lowest BCUT2D eigenvalue weighted by molar-refractivity contribution is -0.114. The summed E-state index contributed by atoms with van der Waals surface area (Å²) in [6, 6.07) is 2.99. The third-order valence-corrected chi connectivity index (χ3v) is 3.08. The highest BCUT2D eigenvalue weighted by atomic mass is 35.5. The van der Waals surface area contributed by atoms with Crippen LogP contribution in [0.25, 0.3) is 0 Å². The van der Waals surface area contributed by atoms with E-state index in [1.165, 1.54) is 19.1 Å². The van der Waals surface area contributed by atoms with Crippen LogP contribution in [-0.4, -0.2) is 29.4 Å². The van der Waals surface area contributed by atoms with Crippen LogP contribution in [0.2, 0.25) is 10.0 Å². The highest BCUT2D eigenvalue weighted by Gasteiger charge is 2.39. The van der Waals surface area contributed by atoms with E-state index in [1.807, 2.05) is 0 Å². The molecule has 0 spiro atoms. The summed E-state index contributed by atoms with van der Waals surface area (Å²) in [5.41, 5.74) is 0.403. The Kier molecular flexibility index (Phi) is 3.12. The summed E-state index contributed by atoms with van der Waals surface area (Å²) >= 11 is 11.8.